The number of rotatable bonds is 4. The predicted octanol–water partition coefficient (Wildman–Crippen LogP) is 5.92. The first kappa shape index (κ1) is 16.6. The van der Waals surface area contributed by atoms with E-state index < -0.39 is 0 Å². The van der Waals surface area contributed by atoms with Gasteiger partial charge in [0.1, 0.15) is 17.2 Å². The minimum atomic E-state index is 0.504. The normalized spacial score (nSPS) is 11.2. The average Bonchev–Trinajstić information content (AvgIpc) is 3.01. The summed E-state index contributed by atoms with van der Waals surface area (Å²) in [6.45, 7) is 4.38. The van der Waals surface area contributed by atoms with Crippen LogP contribution in [0.4, 0.5) is 11.5 Å². The largest absolute Gasteiger partial charge is 0.339 e. The highest BCUT2D eigenvalue weighted by Gasteiger charge is 2.15. The van der Waals surface area contributed by atoms with Crippen LogP contribution in [0.15, 0.2) is 67.1 Å². The molecule has 4 rings (SSSR count). The van der Waals surface area contributed by atoms with E-state index in [2.05, 4.69) is 48.4 Å². The number of nitrogens with zero attached hydrogens (tertiary/aromatic N) is 3. The molecule has 26 heavy (non-hydrogen) atoms. The maximum atomic E-state index is 6.22. The molecular formula is C21H19ClN4. The van der Waals surface area contributed by atoms with Crippen molar-refractivity contribution in [3.63, 3.8) is 0 Å². The van der Waals surface area contributed by atoms with Gasteiger partial charge in [0.25, 0.3) is 0 Å². The summed E-state index contributed by atoms with van der Waals surface area (Å²) in [4.78, 5) is 8.99. The lowest BCUT2D eigenvalue weighted by Crippen LogP contribution is -1.98. The van der Waals surface area contributed by atoms with Crippen molar-refractivity contribution in [1.29, 1.82) is 0 Å². The van der Waals surface area contributed by atoms with Crippen LogP contribution in [0.3, 0.4) is 0 Å². The van der Waals surface area contributed by atoms with Gasteiger partial charge in [-0.25, -0.2) is 4.98 Å². The summed E-state index contributed by atoms with van der Waals surface area (Å²) < 4.78 is 1.97. The number of anilines is 2. The Kier molecular flexibility index (Phi) is 4.35. The number of hydrogen-bond acceptors (Lipinski definition) is 3. The lowest BCUT2D eigenvalue weighted by Gasteiger charge is -2.11. The topological polar surface area (TPSA) is 42.2 Å². The molecule has 0 saturated heterocycles. The van der Waals surface area contributed by atoms with Crippen molar-refractivity contribution in [1.82, 2.24) is 14.4 Å². The third-order valence-electron chi connectivity index (χ3n) is 4.36. The van der Waals surface area contributed by atoms with Crippen LogP contribution in [-0.2, 0) is 0 Å². The lowest BCUT2D eigenvalue weighted by atomic mass is 10.0. The third kappa shape index (κ3) is 3.16. The molecule has 5 heteroatoms. The average molecular weight is 363 g/mol. The molecule has 0 bridgehead atoms. The molecule has 0 aliphatic rings. The van der Waals surface area contributed by atoms with Gasteiger partial charge in [0.05, 0.1) is 5.02 Å². The van der Waals surface area contributed by atoms with Crippen LogP contribution in [0.5, 0.6) is 0 Å². The molecule has 3 aromatic heterocycles. The first-order valence-corrected chi connectivity index (χ1v) is 8.94. The molecular weight excluding hydrogens is 344 g/mol. The highest BCUT2D eigenvalue weighted by molar-refractivity contribution is 6.30. The molecule has 1 aromatic carbocycles. The van der Waals surface area contributed by atoms with Gasteiger partial charge in [-0.15, -0.1) is 0 Å². The number of nitrogens with one attached hydrogen (secondary N) is 1. The number of hydrogen-bond donors (Lipinski definition) is 1. The monoisotopic (exact) mass is 362 g/mol. The molecule has 0 unspecified atom stereocenters. The molecule has 4 nitrogen and oxygen atoms in total. The Balaban J connectivity index is 1.82. The molecule has 0 amide bonds. The molecule has 0 atom stereocenters. The highest BCUT2D eigenvalue weighted by atomic mass is 35.5. The third-order valence-corrected chi connectivity index (χ3v) is 4.58. The molecule has 1 N–H and O–H groups in total. The van der Waals surface area contributed by atoms with E-state index in [-0.39, 0.29) is 0 Å². The lowest BCUT2D eigenvalue weighted by molar-refractivity contribution is 0.867. The maximum Gasteiger partial charge on any atom is 0.143 e. The Morgan fingerprint density at radius 2 is 1.85 bits per heavy atom. The molecule has 0 saturated carbocycles. The fourth-order valence-corrected chi connectivity index (χ4v) is 3.09. The Labute approximate surface area is 157 Å². The Morgan fingerprint density at radius 3 is 2.54 bits per heavy atom. The second-order valence-corrected chi connectivity index (χ2v) is 6.96. The van der Waals surface area contributed by atoms with Crippen molar-refractivity contribution in [3.8, 4) is 11.3 Å². The van der Waals surface area contributed by atoms with Crippen molar-refractivity contribution in [2.24, 2.45) is 0 Å². The van der Waals surface area contributed by atoms with Crippen molar-refractivity contribution < 1.29 is 0 Å². The molecule has 3 heterocycles. The van der Waals surface area contributed by atoms with Gasteiger partial charge in [0.2, 0.25) is 0 Å². The number of halogens is 1. The SMILES string of the molecule is CC(C)c1ccc(Nc2c(-c3cccnc3)nc3ccc(Cl)cn23)cc1. The predicted molar refractivity (Wildman–Crippen MR) is 107 cm³/mol. The van der Waals surface area contributed by atoms with Gasteiger partial charge in [-0.3, -0.25) is 9.38 Å². The summed E-state index contributed by atoms with van der Waals surface area (Å²) in [6, 6.07) is 16.1. The van der Waals surface area contributed by atoms with Crippen LogP contribution in [0.2, 0.25) is 5.02 Å². The summed E-state index contributed by atoms with van der Waals surface area (Å²) in [5, 5.41) is 4.16. The van der Waals surface area contributed by atoms with Crippen LogP contribution in [0.25, 0.3) is 16.9 Å². The summed E-state index contributed by atoms with van der Waals surface area (Å²) in [5.74, 6) is 1.37. The van der Waals surface area contributed by atoms with Crippen molar-refractivity contribution in [2.45, 2.75) is 19.8 Å². The van der Waals surface area contributed by atoms with Crippen molar-refractivity contribution in [2.75, 3.05) is 5.32 Å². The van der Waals surface area contributed by atoms with E-state index in [0.29, 0.717) is 10.9 Å². The smallest absolute Gasteiger partial charge is 0.143 e. The van der Waals surface area contributed by atoms with E-state index in [1.807, 2.05) is 41.1 Å². The van der Waals surface area contributed by atoms with E-state index in [1.165, 1.54) is 5.56 Å². The minimum absolute atomic E-state index is 0.504. The standard InChI is InChI=1S/C21H19ClN4/c1-14(2)15-5-8-18(9-6-15)24-21-20(16-4-3-11-23-12-16)25-19-10-7-17(22)13-26(19)21/h3-14,24H,1-2H3. The van der Waals surface area contributed by atoms with Gasteiger partial charge in [-0.1, -0.05) is 37.6 Å². The van der Waals surface area contributed by atoms with Crippen LogP contribution in [0.1, 0.15) is 25.3 Å². The maximum absolute atomic E-state index is 6.22. The van der Waals surface area contributed by atoms with Gasteiger partial charge in [0.15, 0.2) is 0 Å². The van der Waals surface area contributed by atoms with Gasteiger partial charge >= 0.3 is 0 Å². The van der Waals surface area contributed by atoms with E-state index in [1.54, 1.807) is 6.20 Å². The zero-order chi connectivity index (χ0) is 18.1. The fraction of sp³-hybridized carbons (Fsp3) is 0.143. The molecule has 0 aliphatic heterocycles. The number of imidazole rings is 1. The highest BCUT2D eigenvalue weighted by Crippen LogP contribution is 2.32. The van der Waals surface area contributed by atoms with Crippen LogP contribution < -0.4 is 5.32 Å². The number of pyridine rings is 2. The van der Waals surface area contributed by atoms with Crippen LogP contribution in [-0.4, -0.2) is 14.4 Å². The zero-order valence-corrected chi connectivity index (χ0v) is 15.4. The number of aromatic nitrogens is 3. The Morgan fingerprint density at radius 1 is 1.04 bits per heavy atom. The summed E-state index contributed by atoms with van der Waals surface area (Å²) in [7, 11) is 0. The van der Waals surface area contributed by atoms with E-state index in [4.69, 9.17) is 16.6 Å². The van der Waals surface area contributed by atoms with E-state index in [9.17, 15) is 0 Å². The van der Waals surface area contributed by atoms with Crippen molar-refractivity contribution in [3.05, 3.63) is 77.7 Å². The molecule has 0 radical (unpaired) electrons. The minimum Gasteiger partial charge on any atom is -0.339 e. The van der Waals surface area contributed by atoms with Gasteiger partial charge in [-0.2, -0.15) is 0 Å². The van der Waals surface area contributed by atoms with Gasteiger partial charge in [-0.05, 0) is 47.9 Å². The summed E-state index contributed by atoms with van der Waals surface area (Å²) in [5.41, 5.74) is 4.93. The van der Waals surface area contributed by atoms with Gasteiger partial charge < -0.3 is 5.32 Å². The fourth-order valence-electron chi connectivity index (χ4n) is 2.93. The van der Waals surface area contributed by atoms with Gasteiger partial charge in [0, 0.05) is 29.8 Å². The Bertz CT molecular complexity index is 1040. The Hall–Kier alpha value is -2.85. The first-order valence-electron chi connectivity index (χ1n) is 8.57. The zero-order valence-electron chi connectivity index (χ0n) is 14.6. The molecule has 4 aromatic rings. The van der Waals surface area contributed by atoms with E-state index in [0.717, 1.165) is 28.4 Å². The summed E-state index contributed by atoms with van der Waals surface area (Å²) in [6.07, 6.45) is 5.44. The second-order valence-electron chi connectivity index (χ2n) is 6.53. The van der Waals surface area contributed by atoms with Crippen molar-refractivity contribution >= 4 is 28.8 Å². The molecule has 0 aliphatic carbocycles. The molecule has 130 valence electrons. The van der Waals surface area contributed by atoms with Crippen LogP contribution >= 0.6 is 11.6 Å². The molecule has 0 spiro atoms. The first-order chi connectivity index (χ1) is 12.6. The molecule has 0 fully saturated rings. The van der Waals surface area contributed by atoms with E-state index >= 15 is 0 Å². The second kappa shape index (κ2) is 6.81. The summed E-state index contributed by atoms with van der Waals surface area (Å²) >= 11 is 6.22. The quantitative estimate of drug-likeness (QED) is 0.490. The number of benzene rings is 1. The van der Waals surface area contributed by atoms with Crippen LogP contribution in [0, 0.1) is 0 Å². The number of fused-ring (bicyclic) bond motifs is 1.